The molecule has 6 nitrogen and oxygen atoms in total. The summed E-state index contributed by atoms with van der Waals surface area (Å²) < 4.78 is 21.5. The number of rotatable bonds is 5. The van der Waals surface area contributed by atoms with Gasteiger partial charge in [-0.2, -0.15) is 0 Å². The second-order valence-electron chi connectivity index (χ2n) is 4.58. The number of aryl methyl sites for hydroxylation is 2. The molecule has 1 heterocycles. The van der Waals surface area contributed by atoms with E-state index in [-0.39, 0.29) is 17.4 Å². The van der Waals surface area contributed by atoms with Crippen molar-refractivity contribution in [3.8, 4) is 5.88 Å². The monoisotopic (exact) mass is 323 g/mol. The van der Waals surface area contributed by atoms with Gasteiger partial charge in [-0.3, -0.25) is 10.1 Å². The van der Waals surface area contributed by atoms with Gasteiger partial charge in [0.05, 0.1) is 22.6 Å². The molecule has 0 saturated carbocycles. The molecule has 0 aliphatic heterocycles. The molecule has 0 fully saturated rings. The number of nitro groups is 1. The van der Waals surface area contributed by atoms with E-state index in [0.717, 1.165) is 35.0 Å². The minimum atomic E-state index is -0.523. The Morgan fingerprint density at radius 3 is 2.50 bits per heavy atom. The van der Waals surface area contributed by atoms with Gasteiger partial charge in [-0.1, -0.05) is 0 Å². The Labute approximate surface area is 131 Å². The third-order valence-corrected chi connectivity index (χ3v) is 3.79. The number of hydrogen-bond acceptors (Lipinski definition) is 6. The van der Waals surface area contributed by atoms with Crippen molar-refractivity contribution in [3.05, 3.63) is 51.5 Å². The van der Waals surface area contributed by atoms with Gasteiger partial charge in [0.15, 0.2) is 0 Å². The maximum Gasteiger partial charge on any atom is 0.289 e. The number of pyridine rings is 1. The summed E-state index contributed by atoms with van der Waals surface area (Å²) in [6, 6.07) is 4.20. The molecule has 0 saturated heterocycles. The van der Waals surface area contributed by atoms with Gasteiger partial charge in [-0.15, -0.1) is 0 Å². The van der Waals surface area contributed by atoms with E-state index in [1.165, 1.54) is 25.3 Å². The highest BCUT2D eigenvalue weighted by atomic mass is 32.2. The zero-order chi connectivity index (χ0) is 16.3. The van der Waals surface area contributed by atoms with Crippen LogP contribution < -0.4 is 9.46 Å². The third-order valence-electron chi connectivity index (χ3n) is 2.97. The second-order valence-corrected chi connectivity index (χ2v) is 5.42. The first-order chi connectivity index (χ1) is 10.4. The summed E-state index contributed by atoms with van der Waals surface area (Å²) in [5.41, 5.74) is 2.10. The largest absolute Gasteiger partial charge is 0.480 e. The Hall–Kier alpha value is -2.35. The van der Waals surface area contributed by atoms with Crippen LogP contribution in [0.3, 0.4) is 0 Å². The maximum atomic E-state index is 13.3. The molecule has 8 heteroatoms. The first-order valence-corrected chi connectivity index (χ1v) is 7.12. The number of methoxy groups -OCH3 is 1. The van der Waals surface area contributed by atoms with Crippen LogP contribution in [-0.4, -0.2) is 17.0 Å². The number of halogens is 1. The highest BCUT2D eigenvalue weighted by molar-refractivity contribution is 8.00. The molecule has 0 amide bonds. The third kappa shape index (κ3) is 3.45. The highest BCUT2D eigenvalue weighted by Gasteiger charge is 2.14. The van der Waals surface area contributed by atoms with Gasteiger partial charge < -0.3 is 9.46 Å². The molecule has 2 aromatic rings. The summed E-state index contributed by atoms with van der Waals surface area (Å²) >= 11 is 1.13. The van der Waals surface area contributed by atoms with E-state index in [4.69, 9.17) is 4.74 Å². The first-order valence-electron chi connectivity index (χ1n) is 6.30. The first kappa shape index (κ1) is 16.0. The predicted molar refractivity (Wildman–Crippen MR) is 82.8 cm³/mol. The van der Waals surface area contributed by atoms with E-state index < -0.39 is 4.92 Å². The summed E-state index contributed by atoms with van der Waals surface area (Å²) in [4.78, 5) is 14.7. The minimum Gasteiger partial charge on any atom is -0.480 e. The fraction of sp³-hybridized carbons (Fsp3) is 0.214. The molecule has 1 N–H and O–H groups in total. The molecule has 0 unspecified atom stereocenters. The van der Waals surface area contributed by atoms with E-state index in [2.05, 4.69) is 9.71 Å². The van der Waals surface area contributed by atoms with Gasteiger partial charge in [0.1, 0.15) is 12.0 Å². The van der Waals surface area contributed by atoms with Gasteiger partial charge >= 0.3 is 0 Å². The molecule has 0 bridgehead atoms. The number of hydrogen-bond donors (Lipinski definition) is 1. The Kier molecular flexibility index (Phi) is 4.81. The number of nitrogens with one attached hydrogen (secondary N) is 1. The van der Waals surface area contributed by atoms with Crippen molar-refractivity contribution >= 4 is 23.3 Å². The van der Waals surface area contributed by atoms with E-state index >= 15 is 0 Å². The summed E-state index contributed by atoms with van der Waals surface area (Å²) in [5.74, 6) is -0.0272. The van der Waals surface area contributed by atoms with Crippen molar-refractivity contribution in [2.75, 3.05) is 11.8 Å². The quantitative estimate of drug-likeness (QED) is 0.511. The van der Waals surface area contributed by atoms with Gasteiger partial charge in [-0.05, 0) is 49.1 Å². The molecule has 116 valence electrons. The SMILES string of the molecule is COc1ncc([N+](=O)[O-])cc1SNc1c(C)cc(F)cc1C. The van der Waals surface area contributed by atoms with E-state index in [9.17, 15) is 14.5 Å². The van der Waals surface area contributed by atoms with Crippen LogP contribution in [0.2, 0.25) is 0 Å². The summed E-state index contributed by atoms with van der Waals surface area (Å²) in [6.45, 7) is 3.56. The van der Waals surface area contributed by atoms with E-state index in [0.29, 0.717) is 4.90 Å². The Balaban J connectivity index is 2.28. The van der Waals surface area contributed by atoms with Crippen molar-refractivity contribution in [1.29, 1.82) is 0 Å². The predicted octanol–water partition coefficient (Wildman–Crippen LogP) is 3.87. The van der Waals surface area contributed by atoms with Crippen LogP contribution in [0, 0.1) is 29.8 Å². The molecule has 2 rings (SSSR count). The van der Waals surface area contributed by atoms with Crippen molar-refractivity contribution in [3.63, 3.8) is 0 Å². The van der Waals surface area contributed by atoms with E-state index in [1.54, 1.807) is 13.8 Å². The lowest BCUT2D eigenvalue weighted by atomic mass is 10.1. The topological polar surface area (TPSA) is 77.3 Å². The number of anilines is 1. The summed E-state index contributed by atoms with van der Waals surface area (Å²) in [7, 11) is 1.44. The van der Waals surface area contributed by atoms with Crippen LogP contribution in [0.25, 0.3) is 0 Å². The molecular weight excluding hydrogens is 309 g/mol. The van der Waals surface area contributed by atoms with Gasteiger partial charge in [0.25, 0.3) is 5.69 Å². The Bertz CT molecular complexity index is 701. The smallest absolute Gasteiger partial charge is 0.289 e. The van der Waals surface area contributed by atoms with Crippen LogP contribution in [0.4, 0.5) is 15.8 Å². The summed E-state index contributed by atoms with van der Waals surface area (Å²) in [6.07, 6.45) is 1.14. The highest BCUT2D eigenvalue weighted by Crippen LogP contribution is 2.33. The van der Waals surface area contributed by atoms with E-state index in [1.807, 2.05) is 0 Å². The Morgan fingerprint density at radius 1 is 1.32 bits per heavy atom. The van der Waals surface area contributed by atoms with Gasteiger partial charge in [0.2, 0.25) is 5.88 Å². The fourth-order valence-corrected chi connectivity index (χ4v) is 2.86. The van der Waals surface area contributed by atoms with Crippen molar-refractivity contribution in [2.45, 2.75) is 18.7 Å². The lowest BCUT2D eigenvalue weighted by Crippen LogP contribution is -1.98. The lowest BCUT2D eigenvalue weighted by Gasteiger charge is -2.13. The Morgan fingerprint density at radius 2 is 1.95 bits per heavy atom. The zero-order valence-corrected chi connectivity index (χ0v) is 13.0. The van der Waals surface area contributed by atoms with Crippen LogP contribution >= 0.6 is 11.9 Å². The molecule has 1 aromatic carbocycles. The molecule has 22 heavy (non-hydrogen) atoms. The van der Waals surface area contributed by atoms with Crippen molar-refractivity contribution < 1.29 is 14.1 Å². The molecular formula is C14H14FN3O3S. The molecule has 0 spiro atoms. The number of nitrogens with zero attached hydrogens (tertiary/aromatic N) is 2. The standard InChI is InChI=1S/C14H14FN3O3S/c1-8-4-10(15)5-9(2)13(8)17-22-12-6-11(18(19)20)7-16-14(12)21-3/h4-7,17H,1-3H3. The van der Waals surface area contributed by atoms with Gasteiger partial charge in [0, 0.05) is 6.07 Å². The zero-order valence-electron chi connectivity index (χ0n) is 12.2. The normalized spacial score (nSPS) is 10.4. The van der Waals surface area contributed by atoms with Crippen LogP contribution in [0.1, 0.15) is 11.1 Å². The van der Waals surface area contributed by atoms with Gasteiger partial charge in [-0.25, -0.2) is 9.37 Å². The van der Waals surface area contributed by atoms with Crippen LogP contribution in [0.15, 0.2) is 29.3 Å². The summed E-state index contributed by atoms with van der Waals surface area (Å²) in [5, 5.41) is 10.8. The maximum absolute atomic E-state index is 13.3. The average Bonchev–Trinajstić information content (AvgIpc) is 2.45. The number of aromatic nitrogens is 1. The molecule has 0 atom stereocenters. The second kappa shape index (κ2) is 6.61. The molecule has 1 aromatic heterocycles. The minimum absolute atomic E-state index is 0.127. The van der Waals surface area contributed by atoms with Crippen LogP contribution in [-0.2, 0) is 0 Å². The lowest BCUT2D eigenvalue weighted by molar-refractivity contribution is -0.385. The fourth-order valence-electron chi connectivity index (χ4n) is 1.93. The number of ether oxygens (including phenoxy) is 1. The average molecular weight is 323 g/mol. The molecule has 0 radical (unpaired) electrons. The molecule has 0 aliphatic rings. The van der Waals surface area contributed by atoms with Crippen LogP contribution in [0.5, 0.6) is 5.88 Å². The van der Waals surface area contributed by atoms with Crippen molar-refractivity contribution in [1.82, 2.24) is 4.98 Å². The molecule has 0 aliphatic carbocycles. The number of benzene rings is 1. The van der Waals surface area contributed by atoms with Crippen molar-refractivity contribution in [2.24, 2.45) is 0 Å².